The molecule has 1 aliphatic heterocycles. The highest BCUT2D eigenvalue weighted by molar-refractivity contribution is 5.93. The lowest BCUT2D eigenvalue weighted by Crippen LogP contribution is -2.40. The second-order valence-corrected chi connectivity index (χ2v) is 8.05. The number of rotatable bonds is 7. The summed E-state index contributed by atoms with van der Waals surface area (Å²) in [5.41, 5.74) is 2.95. The Morgan fingerprint density at radius 2 is 1.78 bits per heavy atom. The van der Waals surface area contributed by atoms with Crippen LogP contribution in [0.15, 0.2) is 24.3 Å². The van der Waals surface area contributed by atoms with Gasteiger partial charge in [-0.15, -0.1) is 5.10 Å². The number of carbonyl (C=O) groups is 2. The fraction of sp³-hybridized carbons (Fsp3) is 0.375. The molecule has 2 amide bonds. The Hall–Kier alpha value is -2.74. The number of aromatic nitrogens is 3. The Labute approximate surface area is 189 Å². The Bertz CT molecular complexity index is 928. The van der Waals surface area contributed by atoms with Crippen molar-refractivity contribution < 1.29 is 14.3 Å². The topological polar surface area (TPSA) is 80.6 Å². The molecule has 0 unspecified atom stereocenters. The standard InChI is InChI=1S/C24H28N5O3/c1-18-23(24(31)27(2)17-20-5-3-4-6-20)25-26-29(18)21-10-7-19(8-11-21)9-12-22(30)28-13-15-32-16-14-28/h3-8,10-11H,9,12-17H2,1-2H3. The molecule has 1 aliphatic carbocycles. The molecule has 4 rings (SSSR count). The van der Waals surface area contributed by atoms with Gasteiger partial charge in [0.25, 0.3) is 5.91 Å². The van der Waals surface area contributed by atoms with Gasteiger partial charge in [0.05, 0.1) is 24.6 Å². The molecule has 8 heteroatoms. The van der Waals surface area contributed by atoms with Crippen LogP contribution in [0.5, 0.6) is 0 Å². The fourth-order valence-electron chi connectivity index (χ4n) is 3.84. The van der Waals surface area contributed by atoms with E-state index in [1.165, 1.54) is 0 Å². The van der Waals surface area contributed by atoms with Crippen molar-refractivity contribution in [2.75, 3.05) is 39.9 Å². The predicted octanol–water partition coefficient (Wildman–Crippen LogP) is 1.84. The van der Waals surface area contributed by atoms with Gasteiger partial charge in [-0.2, -0.15) is 0 Å². The molecule has 5 radical (unpaired) electrons. The molecule has 1 saturated heterocycles. The Kier molecular flexibility index (Phi) is 7.19. The van der Waals surface area contributed by atoms with Gasteiger partial charge in [0, 0.05) is 39.0 Å². The molecule has 2 aromatic rings. The van der Waals surface area contributed by atoms with Crippen LogP contribution in [0, 0.1) is 38.5 Å². The van der Waals surface area contributed by atoms with Gasteiger partial charge in [-0.05, 0) is 56.7 Å². The highest BCUT2D eigenvalue weighted by Gasteiger charge is 2.25. The molecular weight excluding hydrogens is 406 g/mol. The number of ether oxygens (including phenoxy) is 1. The normalized spacial score (nSPS) is 17.0. The van der Waals surface area contributed by atoms with Gasteiger partial charge in [-0.3, -0.25) is 9.59 Å². The first-order valence-corrected chi connectivity index (χ1v) is 10.9. The average Bonchev–Trinajstić information content (AvgIpc) is 3.47. The van der Waals surface area contributed by atoms with E-state index in [0.29, 0.717) is 57.1 Å². The molecular formula is C24H28N5O3. The molecule has 2 fully saturated rings. The van der Waals surface area contributed by atoms with Crippen LogP contribution in [0.4, 0.5) is 0 Å². The summed E-state index contributed by atoms with van der Waals surface area (Å²) >= 11 is 0. The van der Waals surface area contributed by atoms with Gasteiger partial charge >= 0.3 is 0 Å². The first-order valence-electron chi connectivity index (χ1n) is 10.9. The van der Waals surface area contributed by atoms with Crippen molar-refractivity contribution in [2.24, 2.45) is 0 Å². The minimum absolute atomic E-state index is 0.159. The van der Waals surface area contributed by atoms with E-state index < -0.39 is 0 Å². The molecule has 2 heterocycles. The smallest absolute Gasteiger partial charge is 0.276 e. The third-order valence-electron chi connectivity index (χ3n) is 5.77. The predicted molar refractivity (Wildman–Crippen MR) is 119 cm³/mol. The summed E-state index contributed by atoms with van der Waals surface area (Å²) in [4.78, 5) is 28.7. The zero-order valence-electron chi connectivity index (χ0n) is 18.5. The van der Waals surface area contributed by atoms with Gasteiger partial charge in [0.1, 0.15) is 0 Å². The lowest BCUT2D eigenvalue weighted by Gasteiger charge is -2.26. The lowest BCUT2D eigenvalue weighted by molar-refractivity contribution is -0.135. The van der Waals surface area contributed by atoms with Crippen LogP contribution in [0.1, 0.15) is 28.2 Å². The average molecular weight is 435 g/mol. The maximum Gasteiger partial charge on any atom is 0.276 e. The lowest BCUT2D eigenvalue weighted by atomic mass is 10.1. The summed E-state index contributed by atoms with van der Waals surface area (Å²) in [7, 11) is 1.76. The number of amides is 2. The van der Waals surface area contributed by atoms with Crippen molar-refractivity contribution in [3.8, 4) is 5.69 Å². The van der Waals surface area contributed by atoms with E-state index in [4.69, 9.17) is 4.74 Å². The van der Waals surface area contributed by atoms with E-state index in [9.17, 15) is 9.59 Å². The molecule has 1 aromatic carbocycles. The van der Waals surface area contributed by atoms with E-state index in [0.717, 1.165) is 17.2 Å². The molecule has 0 atom stereocenters. The Morgan fingerprint density at radius 1 is 1.09 bits per heavy atom. The number of hydrogen-bond acceptors (Lipinski definition) is 5. The first kappa shape index (κ1) is 22.5. The van der Waals surface area contributed by atoms with Crippen LogP contribution in [-0.2, 0) is 16.0 Å². The summed E-state index contributed by atoms with van der Waals surface area (Å²) < 4.78 is 6.97. The maximum atomic E-state index is 12.8. The summed E-state index contributed by atoms with van der Waals surface area (Å²) in [5, 5.41) is 8.34. The molecule has 1 aromatic heterocycles. The number of carbonyl (C=O) groups excluding carboxylic acids is 2. The monoisotopic (exact) mass is 434 g/mol. The Morgan fingerprint density at radius 3 is 2.47 bits per heavy atom. The van der Waals surface area contributed by atoms with E-state index in [1.807, 2.05) is 61.8 Å². The minimum Gasteiger partial charge on any atom is -0.378 e. The zero-order chi connectivity index (χ0) is 22.5. The number of nitrogens with zero attached hydrogens (tertiary/aromatic N) is 5. The van der Waals surface area contributed by atoms with E-state index in [-0.39, 0.29) is 11.8 Å². The SMILES string of the molecule is Cc1c(C(=O)N(C)C[C]2[CH][CH][CH][CH]2)nnn1-c1ccc(CCC(=O)N2CCOCC2)cc1. The second-order valence-electron chi connectivity index (χ2n) is 8.05. The van der Waals surface area contributed by atoms with E-state index in [1.54, 1.807) is 16.6 Å². The Balaban J connectivity index is 1.36. The van der Waals surface area contributed by atoms with Crippen LogP contribution >= 0.6 is 0 Å². The van der Waals surface area contributed by atoms with Crippen LogP contribution in [-0.4, -0.2) is 76.5 Å². The third kappa shape index (κ3) is 5.18. The van der Waals surface area contributed by atoms with Crippen molar-refractivity contribution in [3.63, 3.8) is 0 Å². The summed E-state index contributed by atoms with van der Waals surface area (Å²) in [6.07, 6.45) is 9.06. The van der Waals surface area contributed by atoms with Crippen molar-refractivity contribution >= 4 is 11.8 Å². The largest absolute Gasteiger partial charge is 0.378 e. The number of benzene rings is 1. The molecule has 32 heavy (non-hydrogen) atoms. The quantitative estimate of drug-likeness (QED) is 0.664. The fourth-order valence-corrected chi connectivity index (χ4v) is 3.84. The number of aryl methyl sites for hydroxylation is 1. The van der Waals surface area contributed by atoms with E-state index in [2.05, 4.69) is 10.3 Å². The van der Waals surface area contributed by atoms with Gasteiger partial charge in [-0.25, -0.2) is 4.68 Å². The summed E-state index contributed by atoms with van der Waals surface area (Å²) in [6.45, 7) is 4.95. The van der Waals surface area contributed by atoms with Crippen LogP contribution in [0.3, 0.4) is 0 Å². The molecule has 1 saturated carbocycles. The maximum absolute atomic E-state index is 12.8. The van der Waals surface area contributed by atoms with Crippen LogP contribution < -0.4 is 0 Å². The third-order valence-corrected chi connectivity index (χ3v) is 5.77. The second kappa shape index (κ2) is 10.3. The molecule has 0 spiro atoms. The van der Waals surface area contributed by atoms with Crippen molar-refractivity contribution in [1.29, 1.82) is 0 Å². The van der Waals surface area contributed by atoms with Gasteiger partial charge in [0.2, 0.25) is 5.91 Å². The molecule has 0 N–H and O–H groups in total. The molecule has 167 valence electrons. The van der Waals surface area contributed by atoms with E-state index >= 15 is 0 Å². The van der Waals surface area contributed by atoms with Crippen LogP contribution in [0.2, 0.25) is 0 Å². The van der Waals surface area contributed by atoms with Gasteiger partial charge < -0.3 is 14.5 Å². The van der Waals surface area contributed by atoms with Gasteiger partial charge in [-0.1, -0.05) is 17.3 Å². The van der Waals surface area contributed by atoms with Crippen molar-refractivity contribution in [3.05, 3.63) is 72.8 Å². The van der Waals surface area contributed by atoms with Crippen molar-refractivity contribution in [1.82, 2.24) is 24.8 Å². The van der Waals surface area contributed by atoms with Crippen LogP contribution in [0.25, 0.3) is 5.69 Å². The highest BCUT2D eigenvalue weighted by Crippen LogP contribution is 2.24. The number of hydrogen-bond donors (Lipinski definition) is 0. The summed E-state index contributed by atoms with van der Waals surface area (Å²) in [6, 6.07) is 7.87. The number of morpholine rings is 1. The molecule has 8 nitrogen and oxygen atoms in total. The van der Waals surface area contributed by atoms with Crippen molar-refractivity contribution in [2.45, 2.75) is 19.8 Å². The minimum atomic E-state index is -0.159. The zero-order valence-corrected chi connectivity index (χ0v) is 18.5. The first-order chi connectivity index (χ1) is 15.5. The van der Waals surface area contributed by atoms with Gasteiger partial charge in [0.15, 0.2) is 5.69 Å². The highest BCUT2D eigenvalue weighted by atomic mass is 16.5. The molecule has 2 aliphatic rings. The summed E-state index contributed by atoms with van der Waals surface area (Å²) in [5.74, 6) is 1.08. The molecule has 0 bridgehead atoms.